The Kier molecular flexibility index (Phi) is 4.30. The van der Waals surface area contributed by atoms with Crippen LogP contribution in [0.25, 0.3) is 0 Å². The number of benzene rings is 1. The van der Waals surface area contributed by atoms with Gasteiger partial charge in [0.2, 0.25) is 0 Å². The molecule has 0 saturated carbocycles. The summed E-state index contributed by atoms with van der Waals surface area (Å²) in [4.78, 5) is 17.9. The number of hydrogen-bond donors (Lipinski definition) is 1. The molecule has 0 spiro atoms. The average molecular weight is 273 g/mol. The Labute approximate surface area is 117 Å². The van der Waals surface area contributed by atoms with Gasteiger partial charge in [-0.1, -0.05) is 12.1 Å². The van der Waals surface area contributed by atoms with Crippen LogP contribution in [0.1, 0.15) is 17.4 Å². The molecule has 104 valence electrons. The summed E-state index contributed by atoms with van der Waals surface area (Å²) in [6.45, 7) is 2.68. The minimum Gasteiger partial charge on any atom is -0.370 e. The molecule has 0 aliphatic heterocycles. The molecule has 20 heavy (non-hydrogen) atoms. The van der Waals surface area contributed by atoms with Crippen molar-refractivity contribution < 1.29 is 9.18 Å². The predicted octanol–water partition coefficient (Wildman–Crippen LogP) is 2.93. The Morgan fingerprint density at radius 2 is 2.05 bits per heavy atom. The quantitative estimate of drug-likeness (QED) is 0.931. The summed E-state index contributed by atoms with van der Waals surface area (Å²) in [6.07, 6.45) is 0. The van der Waals surface area contributed by atoms with Crippen LogP contribution < -0.4 is 10.2 Å². The third-order valence-corrected chi connectivity index (χ3v) is 2.83. The van der Waals surface area contributed by atoms with Crippen molar-refractivity contribution in [1.82, 2.24) is 4.98 Å². The smallest absolute Gasteiger partial charge is 0.276 e. The standard InChI is InChI=1S/C15H16FN3O/c1-3-17-14-9-5-8-13(18-14)15(20)19(2)12-7-4-6-11(16)10-12/h4-10H,3H2,1-2H3,(H,17,18). The third-order valence-electron chi connectivity index (χ3n) is 2.83. The van der Waals surface area contributed by atoms with E-state index in [9.17, 15) is 9.18 Å². The molecule has 0 atom stereocenters. The van der Waals surface area contributed by atoms with E-state index < -0.39 is 0 Å². The summed E-state index contributed by atoms with van der Waals surface area (Å²) in [6, 6.07) is 11.1. The van der Waals surface area contributed by atoms with Crippen LogP contribution in [0, 0.1) is 5.82 Å². The topological polar surface area (TPSA) is 45.2 Å². The van der Waals surface area contributed by atoms with E-state index in [0.717, 1.165) is 6.54 Å². The van der Waals surface area contributed by atoms with Crippen LogP contribution in [0.5, 0.6) is 0 Å². The van der Waals surface area contributed by atoms with Gasteiger partial charge in [0, 0.05) is 19.3 Å². The van der Waals surface area contributed by atoms with E-state index in [4.69, 9.17) is 0 Å². The normalized spacial score (nSPS) is 10.2. The maximum absolute atomic E-state index is 13.2. The van der Waals surface area contributed by atoms with Gasteiger partial charge in [-0.15, -0.1) is 0 Å². The Balaban J connectivity index is 2.24. The van der Waals surface area contributed by atoms with Gasteiger partial charge < -0.3 is 10.2 Å². The van der Waals surface area contributed by atoms with Crippen molar-refractivity contribution >= 4 is 17.4 Å². The summed E-state index contributed by atoms with van der Waals surface area (Å²) in [5.41, 5.74) is 0.806. The number of amides is 1. The first-order chi connectivity index (χ1) is 9.61. The van der Waals surface area contributed by atoms with Crippen molar-refractivity contribution in [1.29, 1.82) is 0 Å². The van der Waals surface area contributed by atoms with E-state index >= 15 is 0 Å². The molecule has 1 N–H and O–H groups in total. The first-order valence-corrected chi connectivity index (χ1v) is 6.36. The predicted molar refractivity (Wildman–Crippen MR) is 77.5 cm³/mol. The maximum atomic E-state index is 13.2. The van der Waals surface area contributed by atoms with Gasteiger partial charge in [-0.2, -0.15) is 0 Å². The van der Waals surface area contributed by atoms with Crippen molar-refractivity contribution in [3.8, 4) is 0 Å². The Morgan fingerprint density at radius 3 is 2.75 bits per heavy atom. The highest BCUT2D eigenvalue weighted by molar-refractivity contribution is 6.04. The Hall–Kier alpha value is -2.43. The second-order valence-electron chi connectivity index (χ2n) is 4.28. The number of nitrogens with one attached hydrogen (secondary N) is 1. The van der Waals surface area contributed by atoms with Gasteiger partial charge in [-0.3, -0.25) is 4.79 Å². The number of carbonyl (C=O) groups excluding carboxylic acids is 1. The van der Waals surface area contributed by atoms with Crippen LogP contribution in [0.2, 0.25) is 0 Å². The minimum absolute atomic E-state index is 0.282. The van der Waals surface area contributed by atoms with Crippen LogP contribution in [0.15, 0.2) is 42.5 Å². The van der Waals surface area contributed by atoms with Crippen molar-refractivity contribution in [2.45, 2.75) is 6.92 Å². The molecule has 0 aliphatic rings. The van der Waals surface area contributed by atoms with Gasteiger partial charge >= 0.3 is 0 Å². The second-order valence-corrected chi connectivity index (χ2v) is 4.28. The van der Waals surface area contributed by atoms with E-state index in [0.29, 0.717) is 17.2 Å². The molecule has 2 rings (SSSR count). The van der Waals surface area contributed by atoms with Gasteiger partial charge in [0.05, 0.1) is 0 Å². The van der Waals surface area contributed by atoms with Gasteiger partial charge in [0.1, 0.15) is 17.3 Å². The molecule has 5 heteroatoms. The molecule has 1 aromatic carbocycles. The van der Waals surface area contributed by atoms with E-state index in [1.807, 2.05) is 6.92 Å². The highest BCUT2D eigenvalue weighted by Gasteiger charge is 2.15. The minimum atomic E-state index is -0.378. The summed E-state index contributed by atoms with van der Waals surface area (Å²) < 4.78 is 13.2. The lowest BCUT2D eigenvalue weighted by Crippen LogP contribution is -2.27. The number of aromatic nitrogens is 1. The van der Waals surface area contributed by atoms with Crippen LogP contribution in [0.3, 0.4) is 0 Å². The average Bonchev–Trinajstić information content (AvgIpc) is 2.46. The zero-order chi connectivity index (χ0) is 14.5. The van der Waals surface area contributed by atoms with Crippen molar-refractivity contribution in [3.05, 3.63) is 54.0 Å². The summed E-state index contributed by atoms with van der Waals surface area (Å²) in [7, 11) is 1.60. The molecule has 0 unspecified atom stereocenters. The molecular formula is C15H16FN3O. The third kappa shape index (κ3) is 3.12. The first kappa shape index (κ1) is 14.0. The van der Waals surface area contributed by atoms with E-state index in [2.05, 4.69) is 10.3 Å². The molecule has 1 heterocycles. The van der Waals surface area contributed by atoms with E-state index in [1.165, 1.54) is 17.0 Å². The molecule has 0 saturated heterocycles. The fourth-order valence-electron chi connectivity index (χ4n) is 1.81. The number of halogens is 1. The van der Waals surface area contributed by atoms with Crippen molar-refractivity contribution in [2.75, 3.05) is 23.8 Å². The number of anilines is 2. The van der Waals surface area contributed by atoms with Gasteiger partial charge in [0.15, 0.2) is 0 Å². The number of nitrogens with zero attached hydrogens (tertiary/aromatic N) is 2. The lowest BCUT2D eigenvalue weighted by molar-refractivity contribution is 0.0988. The van der Waals surface area contributed by atoms with Gasteiger partial charge in [-0.05, 0) is 37.3 Å². The fourth-order valence-corrected chi connectivity index (χ4v) is 1.81. The first-order valence-electron chi connectivity index (χ1n) is 6.36. The monoisotopic (exact) mass is 273 g/mol. The molecule has 0 fully saturated rings. The summed E-state index contributed by atoms with van der Waals surface area (Å²) in [5.74, 6) is -0.0159. The fraction of sp³-hybridized carbons (Fsp3) is 0.200. The molecule has 1 amide bonds. The SMILES string of the molecule is CCNc1cccc(C(=O)N(C)c2cccc(F)c2)n1. The van der Waals surface area contributed by atoms with E-state index in [-0.39, 0.29) is 11.7 Å². The lowest BCUT2D eigenvalue weighted by atomic mass is 10.2. The largest absolute Gasteiger partial charge is 0.370 e. The zero-order valence-electron chi connectivity index (χ0n) is 11.4. The molecular weight excluding hydrogens is 257 g/mol. The van der Waals surface area contributed by atoms with Crippen molar-refractivity contribution in [2.24, 2.45) is 0 Å². The highest BCUT2D eigenvalue weighted by Crippen LogP contribution is 2.16. The van der Waals surface area contributed by atoms with Crippen LogP contribution in [-0.4, -0.2) is 24.5 Å². The summed E-state index contributed by atoms with van der Waals surface area (Å²) >= 11 is 0. The van der Waals surface area contributed by atoms with Crippen LogP contribution in [0.4, 0.5) is 15.9 Å². The lowest BCUT2D eigenvalue weighted by Gasteiger charge is -2.17. The number of hydrogen-bond acceptors (Lipinski definition) is 3. The molecule has 1 aromatic heterocycles. The zero-order valence-corrected chi connectivity index (χ0v) is 11.4. The number of carbonyl (C=O) groups is 1. The number of pyridine rings is 1. The van der Waals surface area contributed by atoms with Gasteiger partial charge in [0.25, 0.3) is 5.91 Å². The molecule has 2 aromatic rings. The second kappa shape index (κ2) is 6.14. The Morgan fingerprint density at radius 1 is 1.30 bits per heavy atom. The molecule has 0 bridgehead atoms. The Bertz CT molecular complexity index is 616. The number of rotatable bonds is 4. The van der Waals surface area contributed by atoms with Crippen LogP contribution in [-0.2, 0) is 0 Å². The molecule has 0 aliphatic carbocycles. The molecule has 0 radical (unpaired) electrons. The summed E-state index contributed by atoms with van der Waals surface area (Å²) in [5, 5.41) is 3.05. The van der Waals surface area contributed by atoms with Crippen molar-refractivity contribution in [3.63, 3.8) is 0 Å². The molecule has 4 nitrogen and oxygen atoms in total. The van der Waals surface area contributed by atoms with Gasteiger partial charge in [-0.25, -0.2) is 9.37 Å². The van der Waals surface area contributed by atoms with E-state index in [1.54, 1.807) is 37.4 Å². The highest BCUT2D eigenvalue weighted by atomic mass is 19.1. The van der Waals surface area contributed by atoms with Crippen LogP contribution >= 0.6 is 0 Å². The maximum Gasteiger partial charge on any atom is 0.276 e.